The van der Waals surface area contributed by atoms with Crippen LogP contribution in [0.2, 0.25) is 0 Å². The van der Waals surface area contributed by atoms with Crippen molar-refractivity contribution in [2.24, 2.45) is 16.3 Å². The summed E-state index contributed by atoms with van der Waals surface area (Å²) in [5, 5.41) is 4.39. The molecule has 7 rings (SSSR count). The van der Waals surface area contributed by atoms with Crippen molar-refractivity contribution in [2.75, 3.05) is 0 Å². The Hall–Kier alpha value is -5.25. The third-order valence-corrected chi connectivity index (χ3v) is 8.49. The molecule has 2 amide bonds. The highest BCUT2D eigenvalue weighted by Gasteiger charge is 2.47. The van der Waals surface area contributed by atoms with Gasteiger partial charge in [0.2, 0.25) is 5.95 Å². The first-order chi connectivity index (χ1) is 21.2. The molecule has 10 heteroatoms. The Labute approximate surface area is 253 Å². The minimum atomic E-state index is -1.20. The van der Waals surface area contributed by atoms with Gasteiger partial charge in [-0.25, -0.2) is 14.5 Å². The fourth-order valence-corrected chi connectivity index (χ4v) is 6.58. The van der Waals surface area contributed by atoms with Crippen LogP contribution in [0.5, 0.6) is 5.75 Å². The topological polar surface area (TPSA) is 124 Å². The third kappa shape index (κ3) is 4.72. The van der Waals surface area contributed by atoms with E-state index >= 15 is 0 Å². The number of benzene rings is 3. The van der Waals surface area contributed by atoms with Crippen molar-refractivity contribution < 1.29 is 23.9 Å². The maximum absolute atomic E-state index is 13.9. The van der Waals surface area contributed by atoms with Crippen LogP contribution in [-0.4, -0.2) is 55.0 Å². The highest BCUT2D eigenvalue weighted by Crippen LogP contribution is 2.45. The molecule has 3 aliphatic rings. The van der Waals surface area contributed by atoms with Gasteiger partial charge in [0.05, 0.1) is 23.1 Å². The van der Waals surface area contributed by atoms with Crippen LogP contribution in [0.1, 0.15) is 64.6 Å². The number of amides is 2. The largest absolute Gasteiger partial charge is 0.425 e. The van der Waals surface area contributed by atoms with Crippen molar-refractivity contribution in [1.82, 2.24) is 19.7 Å². The van der Waals surface area contributed by atoms with Gasteiger partial charge in [-0.3, -0.25) is 19.3 Å². The van der Waals surface area contributed by atoms with Crippen LogP contribution < -0.4 is 4.74 Å². The molecule has 10 nitrogen and oxygen atoms in total. The lowest BCUT2D eigenvalue weighted by Gasteiger charge is -2.40. The van der Waals surface area contributed by atoms with E-state index < -0.39 is 35.8 Å². The van der Waals surface area contributed by atoms with Crippen molar-refractivity contribution in [3.8, 4) is 5.75 Å². The fourth-order valence-electron chi connectivity index (χ4n) is 6.58. The van der Waals surface area contributed by atoms with Gasteiger partial charge in [-0.15, -0.1) is 0 Å². The monoisotopic (exact) mass is 587 g/mol. The summed E-state index contributed by atoms with van der Waals surface area (Å²) >= 11 is 0. The van der Waals surface area contributed by atoms with Crippen molar-refractivity contribution in [2.45, 2.75) is 45.2 Å². The molecule has 1 aromatic heterocycles. The first-order valence-corrected chi connectivity index (χ1v) is 14.5. The Balaban J connectivity index is 1.21. The van der Waals surface area contributed by atoms with E-state index in [1.54, 1.807) is 47.1 Å². The van der Waals surface area contributed by atoms with Crippen molar-refractivity contribution in [1.29, 1.82) is 0 Å². The predicted octanol–water partition coefficient (Wildman–Crippen LogP) is 4.77. The van der Waals surface area contributed by atoms with Crippen molar-refractivity contribution in [3.05, 3.63) is 107 Å². The first kappa shape index (κ1) is 27.6. The molecule has 44 heavy (non-hydrogen) atoms. The number of hydrogen-bond donors (Lipinski definition) is 0. The van der Waals surface area contributed by atoms with Gasteiger partial charge in [-0.05, 0) is 47.2 Å². The smallest absolute Gasteiger partial charge is 0.335 e. The Morgan fingerprint density at radius 3 is 2.36 bits per heavy atom. The zero-order valence-corrected chi connectivity index (χ0v) is 24.2. The summed E-state index contributed by atoms with van der Waals surface area (Å²) in [6, 6.07) is 20.9. The van der Waals surface area contributed by atoms with Crippen LogP contribution in [-0.2, 0) is 16.0 Å². The number of carbonyl (C=O) groups excluding carboxylic acids is 4. The molecule has 1 aliphatic carbocycles. The molecule has 0 spiro atoms. The Morgan fingerprint density at radius 2 is 1.64 bits per heavy atom. The van der Waals surface area contributed by atoms with Gasteiger partial charge in [0.1, 0.15) is 23.9 Å². The second-order valence-corrected chi connectivity index (χ2v) is 12.2. The Kier molecular flexibility index (Phi) is 6.57. The molecule has 1 unspecified atom stereocenters. The van der Waals surface area contributed by atoms with Crippen LogP contribution in [0.3, 0.4) is 0 Å². The summed E-state index contributed by atoms with van der Waals surface area (Å²) in [5.41, 5.74) is 2.54. The second-order valence-electron chi connectivity index (χ2n) is 12.2. The van der Waals surface area contributed by atoms with Crippen LogP contribution >= 0.6 is 0 Å². The van der Waals surface area contributed by atoms with E-state index in [2.05, 4.69) is 28.9 Å². The molecular weight excluding hydrogens is 558 g/mol. The highest BCUT2D eigenvalue weighted by molar-refractivity contribution is 6.22. The number of carbonyl (C=O) groups is 4. The number of esters is 1. The van der Waals surface area contributed by atoms with E-state index in [0.29, 0.717) is 24.4 Å². The predicted molar refractivity (Wildman–Crippen MR) is 160 cm³/mol. The molecule has 0 N–H and O–H groups in total. The lowest BCUT2D eigenvalue weighted by Crippen LogP contribution is -2.48. The summed E-state index contributed by atoms with van der Waals surface area (Å²) in [6.45, 7) is 4.11. The molecule has 0 radical (unpaired) electrons. The van der Waals surface area contributed by atoms with Crippen LogP contribution in [0.4, 0.5) is 5.95 Å². The van der Waals surface area contributed by atoms with E-state index in [4.69, 9.17) is 4.74 Å². The van der Waals surface area contributed by atoms with E-state index in [0.717, 1.165) is 16.2 Å². The molecular formula is C34H29N5O5. The summed E-state index contributed by atoms with van der Waals surface area (Å²) in [6.07, 6.45) is 2.57. The first-order valence-electron chi connectivity index (χ1n) is 14.5. The fraction of sp³-hybridized carbons (Fsp3) is 0.265. The SMILES string of the molecule is CC1(C)CC(=O)C2C(=Nc3ncnn3[C@@H]2c2cccc(OC(=O)[C@H](Cc3ccccc3)N3C(=O)c4ccccc4C3=O)c2)C1. The van der Waals surface area contributed by atoms with E-state index in [-0.39, 0.29) is 34.5 Å². The van der Waals surface area contributed by atoms with Gasteiger partial charge in [-0.2, -0.15) is 10.1 Å². The molecule has 2 aliphatic heterocycles. The molecule has 4 aromatic rings. The second kappa shape index (κ2) is 10.5. The van der Waals surface area contributed by atoms with Gasteiger partial charge in [0.15, 0.2) is 0 Å². The summed E-state index contributed by atoms with van der Waals surface area (Å²) in [7, 11) is 0. The quantitative estimate of drug-likeness (QED) is 0.181. The highest BCUT2D eigenvalue weighted by atomic mass is 16.5. The van der Waals surface area contributed by atoms with Crippen molar-refractivity contribution in [3.63, 3.8) is 0 Å². The van der Waals surface area contributed by atoms with Gasteiger partial charge < -0.3 is 4.74 Å². The van der Waals surface area contributed by atoms with Crippen LogP contribution in [0, 0.1) is 11.3 Å². The van der Waals surface area contributed by atoms with E-state index in [1.165, 1.54) is 6.33 Å². The van der Waals surface area contributed by atoms with E-state index in [1.807, 2.05) is 36.4 Å². The molecule has 1 fully saturated rings. The van der Waals surface area contributed by atoms with E-state index in [9.17, 15) is 19.2 Å². The maximum Gasteiger partial charge on any atom is 0.335 e. The van der Waals surface area contributed by atoms with Gasteiger partial charge in [-0.1, -0.05) is 68.4 Å². The zero-order chi connectivity index (χ0) is 30.6. The van der Waals surface area contributed by atoms with Crippen molar-refractivity contribution >= 4 is 35.2 Å². The normalized spacial score (nSPS) is 20.8. The lowest BCUT2D eigenvalue weighted by atomic mass is 9.67. The number of nitrogens with zero attached hydrogens (tertiary/aromatic N) is 5. The number of rotatable bonds is 6. The summed E-state index contributed by atoms with van der Waals surface area (Å²) in [4.78, 5) is 64.1. The van der Waals surface area contributed by atoms with Gasteiger partial charge >= 0.3 is 5.97 Å². The molecule has 1 saturated carbocycles. The minimum absolute atomic E-state index is 0.0714. The summed E-state index contributed by atoms with van der Waals surface area (Å²) in [5.74, 6) is -1.63. The van der Waals surface area contributed by atoms with Crippen LogP contribution in [0.15, 0.2) is 90.2 Å². The number of aliphatic imine (C=N–C) groups is 1. The molecule has 3 heterocycles. The molecule has 0 bridgehead atoms. The van der Waals surface area contributed by atoms with Crippen LogP contribution in [0.25, 0.3) is 0 Å². The average molecular weight is 588 g/mol. The van der Waals surface area contributed by atoms with Gasteiger partial charge in [0.25, 0.3) is 11.8 Å². The third-order valence-electron chi connectivity index (χ3n) is 8.49. The zero-order valence-electron chi connectivity index (χ0n) is 24.2. The minimum Gasteiger partial charge on any atom is -0.425 e. The standard InChI is InChI=1S/C34H29N5O5/c1-34(2)17-25-28(27(40)18-34)29(39-33(37-25)35-19-36-39)21-11-8-12-22(16-21)44-32(43)26(15-20-9-4-3-5-10-20)38-30(41)23-13-6-7-14-24(23)31(38)42/h3-14,16,19,26,28-29H,15,17-18H2,1-2H3/t26-,28?,29+/m0/s1. The number of hydrogen-bond acceptors (Lipinski definition) is 8. The molecule has 3 atom stereocenters. The number of imide groups is 1. The number of ketones is 1. The molecule has 220 valence electrons. The average Bonchev–Trinajstić information content (AvgIpc) is 3.57. The van der Waals surface area contributed by atoms with Gasteiger partial charge in [0, 0.05) is 18.6 Å². The number of fused-ring (bicyclic) bond motifs is 3. The number of ether oxygens (including phenoxy) is 1. The molecule has 3 aromatic carbocycles. The Morgan fingerprint density at radius 1 is 0.932 bits per heavy atom. The number of Topliss-reactive ketones (excluding diaryl/α,β-unsaturated/α-hetero) is 1. The lowest BCUT2D eigenvalue weighted by molar-refractivity contribution is -0.138. The Bertz CT molecular complexity index is 1830. The maximum atomic E-state index is 13.9. The molecule has 0 saturated heterocycles. The summed E-state index contributed by atoms with van der Waals surface area (Å²) < 4.78 is 7.55. The number of aromatic nitrogens is 3.